The SMILES string of the molecule is CCOc1ccc(C(=O)Nc2ccc(Nc3cc(N(C)C)cnn3)cc2)cc1. The van der Waals surface area contributed by atoms with E-state index >= 15 is 0 Å². The first-order valence-electron chi connectivity index (χ1n) is 8.96. The molecular weight excluding hydrogens is 354 g/mol. The number of hydrogen-bond acceptors (Lipinski definition) is 6. The molecule has 0 aliphatic rings. The third kappa shape index (κ3) is 4.97. The minimum atomic E-state index is -0.173. The Kier molecular flexibility index (Phi) is 6.06. The summed E-state index contributed by atoms with van der Waals surface area (Å²) in [6.45, 7) is 2.52. The van der Waals surface area contributed by atoms with Crippen molar-refractivity contribution in [2.45, 2.75) is 6.92 Å². The molecule has 3 aromatic rings. The van der Waals surface area contributed by atoms with Gasteiger partial charge >= 0.3 is 0 Å². The van der Waals surface area contributed by atoms with Gasteiger partial charge in [-0.1, -0.05) is 0 Å². The van der Waals surface area contributed by atoms with E-state index < -0.39 is 0 Å². The fraction of sp³-hybridized carbons (Fsp3) is 0.190. The van der Waals surface area contributed by atoms with Crippen molar-refractivity contribution >= 4 is 28.8 Å². The topological polar surface area (TPSA) is 79.4 Å². The number of carbonyl (C=O) groups is 1. The van der Waals surface area contributed by atoms with Gasteiger partial charge < -0.3 is 20.3 Å². The van der Waals surface area contributed by atoms with E-state index in [9.17, 15) is 4.79 Å². The van der Waals surface area contributed by atoms with E-state index in [1.165, 1.54) is 0 Å². The fourth-order valence-corrected chi connectivity index (χ4v) is 2.52. The lowest BCUT2D eigenvalue weighted by molar-refractivity contribution is 0.102. The zero-order valence-corrected chi connectivity index (χ0v) is 16.1. The Morgan fingerprint density at radius 2 is 1.71 bits per heavy atom. The van der Waals surface area contributed by atoms with Gasteiger partial charge in [0.1, 0.15) is 5.75 Å². The van der Waals surface area contributed by atoms with Gasteiger partial charge in [0.25, 0.3) is 5.91 Å². The van der Waals surface area contributed by atoms with Crippen LogP contribution in [0.15, 0.2) is 60.8 Å². The summed E-state index contributed by atoms with van der Waals surface area (Å²) in [6, 6.07) is 16.4. The Bertz CT molecular complexity index is 924. The maximum Gasteiger partial charge on any atom is 0.255 e. The van der Waals surface area contributed by atoms with Crippen molar-refractivity contribution in [2.24, 2.45) is 0 Å². The van der Waals surface area contributed by atoms with Gasteiger partial charge in [-0.3, -0.25) is 4.79 Å². The average molecular weight is 377 g/mol. The van der Waals surface area contributed by atoms with Crippen LogP contribution in [0.1, 0.15) is 17.3 Å². The number of aromatic nitrogens is 2. The Morgan fingerprint density at radius 1 is 1.04 bits per heavy atom. The van der Waals surface area contributed by atoms with Gasteiger partial charge in [-0.05, 0) is 55.5 Å². The van der Waals surface area contributed by atoms with Crippen LogP contribution in [0.2, 0.25) is 0 Å². The van der Waals surface area contributed by atoms with Crippen LogP contribution < -0.4 is 20.3 Å². The van der Waals surface area contributed by atoms with Crippen molar-refractivity contribution in [3.05, 3.63) is 66.4 Å². The number of nitrogens with one attached hydrogen (secondary N) is 2. The molecule has 0 unspecified atom stereocenters. The minimum Gasteiger partial charge on any atom is -0.494 e. The van der Waals surface area contributed by atoms with Gasteiger partial charge in [-0.25, -0.2) is 0 Å². The highest BCUT2D eigenvalue weighted by Crippen LogP contribution is 2.20. The first kappa shape index (κ1) is 19.2. The molecule has 0 saturated carbocycles. The molecule has 0 saturated heterocycles. The number of rotatable bonds is 7. The third-order valence-corrected chi connectivity index (χ3v) is 4.00. The summed E-state index contributed by atoms with van der Waals surface area (Å²) in [6.07, 6.45) is 1.70. The molecule has 1 heterocycles. The Morgan fingerprint density at radius 3 is 2.36 bits per heavy atom. The molecule has 144 valence electrons. The number of anilines is 4. The van der Waals surface area contributed by atoms with Crippen LogP contribution in [0.5, 0.6) is 5.75 Å². The zero-order chi connectivity index (χ0) is 19.9. The van der Waals surface area contributed by atoms with Gasteiger partial charge in [0.15, 0.2) is 5.82 Å². The first-order valence-corrected chi connectivity index (χ1v) is 8.96. The first-order chi connectivity index (χ1) is 13.5. The van der Waals surface area contributed by atoms with E-state index in [0.29, 0.717) is 23.7 Å². The summed E-state index contributed by atoms with van der Waals surface area (Å²) in [5.74, 6) is 1.22. The van der Waals surface area contributed by atoms with Crippen LogP contribution in [0.4, 0.5) is 22.9 Å². The molecule has 2 aromatic carbocycles. The van der Waals surface area contributed by atoms with Gasteiger partial charge in [-0.15, -0.1) is 5.10 Å². The van der Waals surface area contributed by atoms with E-state index in [0.717, 1.165) is 17.1 Å². The summed E-state index contributed by atoms with van der Waals surface area (Å²) >= 11 is 0. The van der Waals surface area contributed by atoms with Crippen LogP contribution in [-0.4, -0.2) is 36.8 Å². The van der Waals surface area contributed by atoms with E-state index in [-0.39, 0.29) is 5.91 Å². The fourth-order valence-electron chi connectivity index (χ4n) is 2.52. The van der Waals surface area contributed by atoms with Crippen LogP contribution in [0.3, 0.4) is 0 Å². The summed E-state index contributed by atoms with van der Waals surface area (Å²) in [5, 5.41) is 14.2. The Balaban J connectivity index is 1.62. The molecular formula is C21H23N5O2. The predicted molar refractivity (Wildman–Crippen MR) is 112 cm³/mol. The number of hydrogen-bond donors (Lipinski definition) is 2. The molecule has 0 radical (unpaired) electrons. The average Bonchev–Trinajstić information content (AvgIpc) is 2.70. The molecule has 7 nitrogen and oxygen atoms in total. The molecule has 28 heavy (non-hydrogen) atoms. The monoisotopic (exact) mass is 377 g/mol. The number of carbonyl (C=O) groups excluding carboxylic acids is 1. The molecule has 1 amide bonds. The molecule has 2 N–H and O–H groups in total. The van der Waals surface area contributed by atoms with Gasteiger partial charge in [-0.2, -0.15) is 5.10 Å². The summed E-state index contributed by atoms with van der Waals surface area (Å²) in [4.78, 5) is 14.3. The number of ether oxygens (including phenoxy) is 1. The second kappa shape index (κ2) is 8.85. The molecule has 0 aliphatic carbocycles. The van der Waals surface area contributed by atoms with Crippen LogP contribution in [-0.2, 0) is 0 Å². The smallest absolute Gasteiger partial charge is 0.255 e. The van der Waals surface area contributed by atoms with E-state index in [1.54, 1.807) is 30.5 Å². The lowest BCUT2D eigenvalue weighted by Crippen LogP contribution is -2.11. The van der Waals surface area contributed by atoms with Crippen LogP contribution in [0, 0.1) is 0 Å². The van der Waals surface area contributed by atoms with E-state index in [4.69, 9.17) is 4.74 Å². The van der Waals surface area contributed by atoms with Gasteiger partial charge in [0, 0.05) is 37.1 Å². The quantitative estimate of drug-likeness (QED) is 0.649. The van der Waals surface area contributed by atoms with E-state index in [2.05, 4.69) is 20.8 Å². The second-order valence-electron chi connectivity index (χ2n) is 6.31. The van der Waals surface area contributed by atoms with Gasteiger partial charge in [0.05, 0.1) is 18.5 Å². The lowest BCUT2D eigenvalue weighted by atomic mass is 10.2. The van der Waals surface area contributed by atoms with Crippen LogP contribution >= 0.6 is 0 Å². The van der Waals surface area contributed by atoms with Gasteiger partial charge in [0.2, 0.25) is 0 Å². The number of amides is 1. The molecule has 1 aromatic heterocycles. The molecule has 0 spiro atoms. The molecule has 7 heteroatoms. The van der Waals surface area contributed by atoms with Crippen molar-refractivity contribution in [3.63, 3.8) is 0 Å². The van der Waals surface area contributed by atoms with Crippen molar-refractivity contribution in [1.29, 1.82) is 0 Å². The number of nitrogens with zero attached hydrogens (tertiary/aromatic N) is 3. The molecule has 0 atom stereocenters. The molecule has 0 aliphatic heterocycles. The standard InChI is InChI=1S/C21H23N5O2/c1-4-28-19-11-5-15(6-12-19)21(27)24-17-9-7-16(8-10-17)23-20-13-18(26(2)3)14-22-25-20/h5-14H,4H2,1-3H3,(H,23,25)(H,24,27). The number of benzene rings is 2. The van der Waals surface area contributed by atoms with Crippen molar-refractivity contribution < 1.29 is 9.53 Å². The second-order valence-corrected chi connectivity index (χ2v) is 6.31. The highest BCUT2D eigenvalue weighted by Gasteiger charge is 2.07. The van der Waals surface area contributed by atoms with Crippen molar-refractivity contribution in [2.75, 3.05) is 36.2 Å². The molecule has 3 rings (SSSR count). The highest BCUT2D eigenvalue weighted by atomic mass is 16.5. The zero-order valence-electron chi connectivity index (χ0n) is 16.1. The maximum absolute atomic E-state index is 12.4. The summed E-state index contributed by atoms with van der Waals surface area (Å²) in [7, 11) is 3.89. The van der Waals surface area contributed by atoms with Crippen LogP contribution in [0.25, 0.3) is 0 Å². The largest absolute Gasteiger partial charge is 0.494 e. The Hall–Kier alpha value is -3.61. The predicted octanol–water partition coefficient (Wildman–Crippen LogP) is 3.94. The maximum atomic E-state index is 12.4. The summed E-state index contributed by atoms with van der Waals surface area (Å²) in [5.41, 5.74) is 3.08. The third-order valence-electron chi connectivity index (χ3n) is 4.00. The summed E-state index contributed by atoms with van der Waals surface area (Å²) < 4.78 is 5.39. The molecule has 0 bridgehead atoms. The van der Waals surface area contributed by atoms with Crippen molar-refractivity contribution in [1.82, 2.24) is 10.2 Å². The highest BCUT2D eigenvalue weighted by molar-refractivity contribution is 6.04. The Labute approximate surface area is 164 Å². The van der Waals surface area contributed by atoms with E-state index in [1.807, 2.05) is 56.3 Å². The lowest BCUT2D eigenvalue weighted by Gasteiger charge is -2.13. The minimum absolute atomic E-state index is 0.173. The molecule has 0 fully saturated rings. The normalized spacial score (nSPS) is 10.2. The van der Waals surface area contributed by atoms with Crippen molar-refractivity contribution in [3.8, 4) is 5.75 Å².